The summed E-state index contributed by atoms with van der Waals surface area (Å²) in [6.45, 7) is 0.392. The molecular weight excluding hydrogens is 206 g/mol. The van der Waals surface area contributed by atoms with Gasteiger partial charge in [0, 0.05) is 14.2 Å². The van der Waals surface area contributed by atoms with Crippen LogP contribution in [0.15, 0.2) is 41.5 Å². The van der Waals surface area contributed by atoms with Gasteiger partial charge in [-0.3, -0.25) is 0 Å². The second-order valence-electron chi connectivity index (χ2n) is 3.49. The maximum absolute atomic E-state index is 10.4. The van der Waals surface area contributed by atoms with Crippen LogP contribution in [0, 0.1) is 4.91 Å². The lowest BCUT2D eigenvalue weighted by atomic mass is 10.2. The average Bonchev–Trinajstić information content (AvgIpc) is 2.57. The van der Waals surface area contributed by atoms with E-state index in [9.17, 15) is 4.91 Å². The lowest BCUT2D eigenvalue weighted by Gasteiger charge is -2.20. The molecule has 16 heavy (non-hydrogen) atoms. The average molecular weight is 219 g/mol. The molecule has 5 heteroatoms. The van der Waals surface area contributed by atoms with Crippen molar-refractivity contribution in [1.82, 2.24) is 0 Å². The number of nitroso groups, excluding NO2 is 1. The summed E-state index contributed by atoms with van der Waals surface area (Å²) < 4.78 is 5.12. The molecule has 0 saturated heterocycles. The van der Waals surface area contributed by atoms with Crippen molar-refractivity contribution < 1.29 is 4.74 Å². The zero-order valence-electron chi connectivity index (χ0n) is 9.25. The number of methoxy groups -OCH3 is 1. The Balaban J connectivity index is 2.47. The molecule has 1 aromatic carbocycles. The molecule has 0 atom stereocenters. The van der Waals surface area contributed by atoms with Crippen molar-refractivity contribution in [2.24, 2.45) is 5.18 Å². The van der Waals surface area contributed by atoms with Crippen molar-refractivity contribution in [3.05, 3.63) is 41.2 Å². The van der Waals surface area contributed by atoms with Crippen molar-refractivity contribution >= 4 is 11.4 Å². The summed E-state index contributed by atoms with van der Waals surface area (Å²) in [5.74, 6) is 0.720. The Bertz CT molecular complexity index is 431. The standard InChI is InChI=1S/C11H13N3O2/c1-13-9-5-3-4-6-10(9)14(8-16-2)11(13)7-12-15/h3-7H,8H2,1-2H3/b11-7-. The quantitative estimate of drug-likeness (QED) is 0.730. The minimum absolute atomic E-state index is 0.392. The predicted octanol–water partition coefficient (Wildman–Crippen LogP) is 2.11. The normalized spacial score (nSPS) is 16.8. The second kappa shape index (κ2) is 4.32. The number of benzene rings is 1. The van der Waals surface area contributed by atoms with Crippen molar-refractivity contribution in [2.75, 3.05) is 30.7 Å². The lowest BCUT2D eigenvalue weighted by molar-refractivity contribution is 0.204. The minimum Gasteiger partial charge on any atom is -0.364 e. The molecule has 1 aliphatic heterocycles. The molecule has 0 amide bonds. The fraction of sp³-hybridized carbons (Fsp3) is 0.273. The van der Waals surface area contributed by atoms with E-state index in [0.29, 0.717) is 6.73 Å². The second-order valence-corrected chi connectivity index (χ2v) is 3.49. The van der Waals surface area contributed by atoms with Crippen molar-refractivity contribution in [3.63, 3.8) is 0 Å². The van der Waals surface area contributed by atoms with Gasteiger partial charge in [0.2, 0.25) is 0 Å². The van der Waals surface area contributed by atoms with Crippen LogP contribution in [0.4, 0.5) is 11.4 Å². The Labute approximate surface area is 93.9 Å². The highest BCUT2D eigenvalue weighted by Crippen LogP contribution is 2.39. The van der Waals surface area contributed by atoms with Crippen LogP contribution in [0.5, 0.6) is 0 Å². The highest BCUT2D eigenvalue weighted by atomic mass is 16.5. The number of ether oxygens (including phenoxy) is 1. The topological polar surface area (TPSA) is 45.1 Å². The number of hydrogen-bond donors (Lipinski definition) is 0. The fourth-order valence-electron chi connectivity index (χ4n) is 1.87. The SMILES string of the molecule is COCN1/C(=C\N=O)N(C)c2ccccc21. The Kier molecular flexibility index (Phi) is 2.87. The summed E-state index contributed by atoms with van der Waals surface area (Å²) >= 11 is 0. The summed E-state index contributed by atoms with van der Waals surface area (Å²) in [5.41, 5.74) is 2.05. The number of hydrogen-bond acceptors (Lipinski definition) is 5. The third kappa shape index (κ3) is 1.55. The van der Waals surface area contributed by atoms with E-state index in [4.69, 9.17) is 4.74 Å². The summed E-state index contributed by atoms with van der Waals surface area (Å²) in [5, 5.41) is 2.83. The fourth-order valence-corrected chi connectivity index (χ4v) is 1.87. The van der Waals surface area contributed by atoms with Crippen LogP contribution in [0.3, 0.4) is 0 Å². The van der Waals surface area contributed by atoms with Crippen LogP contribution >= 0.6 is 0 Å². The summed E-state index contributed by atoms with van der Waals surface area (Å²) in [6, 6.07) is 7.88. The van der Waals surface area contributed by atoms with Gasteiger partial charge in [-0.05, 0) is 17.3 Å². The maximum Gasteiger partial charge on any atom is 0.137 e. The van der Waals surface area contributed by atoms with Gasteiger partial charge in [-0.2, -0.15) is 0 Å². The molecule has 1 aromatic rings. The number of para-hydroxylation sites is 2. The third-order valence-electron chi connectivity index (χ3n) is 2.58. The number of anilines is 2. The molecule has 1 heterocycles. The van der Waals surface area contributed by atoms with E-state index in [-0.39, 0.29) is 0 Å². The molecule has 0 aromatic heterocycles. The molecule has 0 radical (unpaired) electrons. The smallest absolute Gasteiger partial charge is 0.137 e. The van der Waals surface area contributed by atoms with Crippen molar-refractivity contribution in [1.29, 1.82) is 0 Å². The van der Waals surface area contributed by atoms with Gasteiger partial charge in [-0.15, -0.1) is 4.91 Å². The molecule has 0 unspecified atom stereocenters. The van der Waals surface area contributed by atoms with E-state index in [1.807, 2.05) is 41.1 Å². The van der Waals surface area contributed by atoms with Gasteiger partial charge in [0.1, 0.15) is 18.8 Å². The van der Waals surface area contributed by atoms with Crippen LogP contribution in [-0.4, -0.2) is 20.9 Å². The molecule has 0 fully saturated rings. The van der Waals surface area contributed by atoms with Crippen molar-refractivity contribution in [3.8, 4) is 0 Å². The van der Waals surface area contributed by atoms with Crippen LogP contribution in [-0.2, 0) is 4.74 Å². The van der Waals surface area contributed by atoms with Gasteiger partial charge in [0.25, 0.3) is 0 Å². The molecular formula is C11H13N3O2. The van der Waals surface area contributed by atoms with Crippen LogP contribution in [0.1, 0.15) is 0 Å². The zero-order valence-corrected chi connectivity index (χ0v) is 9.25. The molecule has 5 nitrogen and oxygen atoms in total. The highest BCUT2D eigenvalue weighted by molar-refractivity contribution is 5.81. The lowest BCUT2D eigenvalue weighted by Crippen LogP contribution is -2.27. The summed E-state index contributed by atoms with van der Waals surface area (Å²) in [7, 11) is 3.51. The molecule has 84 valence electrons. The predicted molar refractivity (Wildman–Crippen MR) is 63.1 cm³/mol. The third-order valence-corrected chi connectivity index (χ3v) is 2.58. The van der Waals surface area contributed by atoms with E-state index in [2.05, 4.69) is 5.18 Å². The Morgan fingerprint density at radius 2 is 2.06 bits per heavy atom. The van der Waals surface area contributed by atoms with Gasteiger partial charge in [0.15, 0.2) is 0 Å². The molecule has 0 aliphatic carbocycles. The summed E-state index contributed by atoms with van der Waals surface area (Å²) in [6.07, 6.45) is 1.29. The first-order valence-electron chi connectivity index (χ1n) is 4.91. The van der Waals surface area contributed by atoms with E-state index in [1.54, 1.807) is 7.11 Å². The Hall–Kier alpha value is -1.88. The number of nitrogens with zero attached hydrogens (tertiary/aromatic N) is 3. The monoisotopic (exact) mass is 219 g/mol. The van der Waals surface area contributed by atoms with Gasteiger partial charge >= 0.3 is 0 Å². The number of rotatable bonds is 3. The van der Waals surface area contributed by atoms with Crippen LogP contribution < -0.4 is 9.80 Å². The van der Waals surface area contributed by atoms with E-state index in [0.717, 1.165) is 17.2 Å². The van der Waals surface area contributed by atoms with Gasteiger partial charge in [0.05, 0.1) is 11.4 Å². The van der Waals surface area contributed by atoms with Gasteiger partial charge < -0.3 is 14.5 Å². The van der Waals surface area contributed by atoms with E-state index in [1.165, 1.54) is 6.20 Å². The Morgan fingerprint density at radius 3 is 2.69 bits per heavy atom. The zero-order chi connectivity index (χ0) is 11.5. The van der Waals surface area contributed by atoms with Crippen LogP contribution in [0.25, 0.3) is 0 Å². The van der Waals surface area contributed by atoms with Crippen molar-refractivity contribution in [2.45, 2.75) is 0 Å². The first-order chi connectivity index (χ1) is 7.79. The van der Waals surface area contributed by atoms with Crippen LogP contribution in [0.2, 0.25) is 0 Å². The first kappa shape index (κ1) is 10.6. The molecule has 0 bridgehead atoms. The highest BCUT2D eigenvalue weighted by Gasteiger charge is 2.28. The first-order valence-corrected chi connectivity index (χ1v) is 4.91. The molecule has 2 rings (SSSR count). The number of fused-ring (bicyclic) bond motifs is 1. The van der Waals surface area contributed by atoms with E-state index >= 15 is 0 Å². The maximum atomic E-state index is 10.4. The molecule has 1 aliphatic rings. The van der Waals surface area contributed by atoms with Gasteiger partial charge in [-0.1, -0.05) is 12.1 Å². The minimum atomic E-state index is 0.392. The van der Waals surface area contributed by atoms with Gasteiger partial charge in [-0.25, -0.2) is 0 Å². The molecule has 0 N–H and O–H groups in total. The summed E-state index contributed by atoms with van der Waals surface area (Å²) in [4.78, 5) is 14.2. The van der Waals surface area contributed by atoms with E-state index < -0.39 is 0 Å². The largest absolute Gasteiger partial charge is 0.364 e. The molecule has 0 saturated carbocycles. The Morgan fingerprint density at radius 1 is 1.38 bits per heavy atom. The molecule has 0 spiro atoms.